The summed E-state index contributed by atoms with van der Waals surface area (Å²) >= 11 is 1.17. The van der Waals surface area contributed by atoms with E-state index in [1.807, 2.05) is 4.90 Å². The van der Waals surface area contributed by atoms with Crippen molar-refractivity contribution in [3.63, 3.8) is 0 Å². The van der Waals surface area contributed by atoms with E-state index in [4.69, 9.17) is 0 Å². The number of aromatic nitrogens is 2. The zero-order chi connectivity index (χ0) is 31.4. The number of carbonyl (C=O) groups is 2. The zero-order valence-corrected chi connectivity index (χ0v) is 23.7. The van der Waals surface area contributed by atoms with Crippen molar-refractivity contribution in [1.29, 1.82) is 0 Å². The second kappa shape index (κ2) is 11.3. The molecule has 3 aliphatic rings. The van der Waals surface area contributed by atoms with Crippen LogP contribution in [0.25, 0.3) is 17.0 Å². The minimum absolute atomic E-state index is 0.0385. The number of carbonyl (C=O) groups excluding carboxylic acids is 2. The number of aliphatic hydroxyl groups is 1. The minimum Gasteiger partial charge on any atom is -0.394 e. The second-order valence-electron chi connectivity index (χ2n) is 10.9. The second-order valence-corrected chi connectivity index (χ2v) is 11.9. The number of piperazine rings is 1. The molecule has 3 heterocycles. The van der Waals surface area contributed by atoms with E-state index in [2.05, 4.69) is 10.1 Å². The van der Waals surface area contributed by atoms with Crippen molar-refractivity contribution in [3.05, 3.63) is 69.8 Å². The van der Waals surface area contributed by atoms with Crippen molar-refractivity contribution >= 4 is 45.7 Å². The fourth-order valence-electron chi connectivity index (χ4n) is 5.36. The van der Waals surface area contributed by atoms with Gasteiger partial charge in [0.1, 0.15) is 0 Å². The van der Waals surface area contributed by atoms with Crippen LogP contribution in [0.15, 0.2) is 52.5 Å². The van der Waals surface area contributed by atoms with Gasteiger partial charge in [0.2, 0.25) is 5.91 Å². The van der Waals surface area contributed by atoms with Crippen LogP contribution in [0.1, 0.15) is 35.1 Å². The van der Waals surface area contributed by atoms with Crippen molar-refractivity contribution in [2.24, 2.45) is 10.9 Å². The Kier molecular flexibility index (Phi) is 7.72. The summed E-state index contributed by atoms with van der Waals surface area (Å²) in [6, 6.07) is 6.10. The molecule has 8 nitrogen and oxygen atoms in total. The monoisotopic (exact) mass is 637 g/mol. The Hall–Kier alpha value is -3.85. The highest BCUT2D eigenvalue weighted by Gasteiger charge is 2.40. The van der Waals surface area contributed by atoms with Crippen LogP contribution < -0.4 is 0 Å². The highest BCUT2D eigenvalue weighted by molar-refractivity contribution is 8.18. The molecule has 1 aromatic heterocycles. The average Bonchev–Trinajstić information content (AvgIpc) is 3.66. The number of benzene rings is 2. The molecule has 0 unspecified atom stereocenters. The number of rotatable bonds is 5. The molecule has 2 aliphatic heterocycles. The predicted molar refractivity (Wildman–Crippen MR) is 150 cm³/mol. The lowest BCUT2D eigenvalue weighted by molar-refractivity contribution is -0.143. The van der Waals surface area contributed by atoms with Crippen LogP contribution in [0, 0.1) is 5.92 Å². The van der Waals surface area contributed by atoms with E-state index >= 15 is 0 Å². The van der Waals surface area contributed by atoms with Gasteiger partial charge in [0.05, 0.1) is 46.9 Å². The Morgan fingerprint density at radius 2 is 1.82 bits per heavy atom. The summed E-state index contributed by atoms with van der Waals surface area (Å²) in [5, 5.41) is 15.1. The van der Waals surface area contributed by atoms with Gasteiger partial charge in [-0.2, -0.15) is 36.4 Å². The molecule has 0 radical (unpaired) electrons. The number of hydrogen-bond donors (Lipinski definition) is 1. The minimum atomic E-state index is -4.99. The molecular weight excluding hydrogens is 612 g/mol. The predicted octanol–water partition coefficient (Wildman–Crippen LogP) is 5.01. The number of halogens is 6. The molecule has 44 heavy (non-hydrogen) atoms. The number of nitrogens with zero attached hydrogens (tertiary/aromatic N) is 5. The summed E-state index contributed by atoms with van der Waals surface area (Å²) in [6.45, 7) is 0.637. The fourth-order valence-corrected chi connectivity index (χ4v) is 6.31. The van der Waals surface area contributed by atoms with Gasteiger partial charge in [-0.3, -0.25) is 14.3 Å². The molecule has 0 spiro atoms. The third-order valence-corrected chi connectivity index (χ3v) is 8.85. The van der Waals surface area contributed by atoms with Crippen molar-refractivity contribution in [1.82, 2.24) is 19.6 Å². The van der Waals surface area contributed by atoms with Gasteiger partial charge in [-0.1, -0.05) is 12.1 Å². The molecule has 232 valence electrons. The fraction of sp³-hybridized carbons (Fsp3) is 0.379. The molecule has 1 saturated heterocycles. The van der Waals surface area contributed by atoms with Crippen LogP contribution >= 0.6 is 11.8 Å². The molecule has 1 atom stereocenters. The van der Waals surface area contributed by atoms with E-state index < -0.39 is 42.0 Å². The molecule has 6 rings (SSSR count). The van der Waals surface area contributed by atoms with E-state index in [1.54, 1.807) is 29.2 Å². The van der Waals surface area contributed by atoms with E-state index in [0.717, 1.165) is 18.9 Å². The zero-order valence-electron chi connectivity index (χ0n) is 22.9. The van der Waals surface area contributed by atoms with Gasteiger partial charge < -0.3 is 14.9 Å². The third-order valence-electron chi connectivity index (χ3n) is 7.81. The Morgan fingerprint density at radius 3 is 2.50 bits per heavy atom. The van der Waals surface area contributed by atoms with E-state index in [1.165, 1.54) is 22.6 Å². The first-order valence-electron chi connectivity index (χ1n) is 13.7. The standard InChI is InChI=1S/C29H25F6N5O3S/c30-28(31,32)20-5-4-18(22(11-20)29(33,34)35)13-40-23-6-1-16(9-19(23)12-36-40)10-24-25(42)37-27(44-24)38-7-8-39(21(14-38)15-41)26(43)17-2-3-17/h1,4-6,9-12,17,21,41H,2-3,7-8,13-15H2/t21-/m1/s1. The van der Waals surface area contributed by atoms with Gasteiger partial charge >= 0.3 is 12.4 Å². The third kappa shape index (κ3) is 6.07. The van der Waals surface area contributed by atoms with Crippen LogP contribution in [0.4, 0.5) is 26.3 Å². The highest BCUT2D eigenvalue weighted by atomic mass is 32.2. The van der Waals surface area contributed by atoms with Crippen LogP contribution in [0.3, 0.4) is 0 Å². The first kappa shape index (κ1) is 30.2. The summed E-state index contributed by atoms with van der Waals surface area (Å²) < 4.78 is 81.3. The summed E-state index contributed by atoms with van der Waals surface area (Å²) in [5.74, 6) is -0.350. The maximum atomic E-state index is 13.6. The lowest BCUT2D eigenvalue weighted by atomic mass is 10.0. The van der Waals surface area contributed by atoms with Crippen LogP contribution in [-0.2, 0) is 28.5 Å². The lowest BCUT2D eigenvalue weighted by Crippen LogP contribution is -2.57. The van der Waals surface area contributed by atoms with E-state index in [0.29, 0.717) is 52.2 Å². The number of amides is 2. The molecular formula is C29H25F6N5O3S. The summed E-state index contributed by atoms with van der Waals surface area (Å²) in [4.78, 5) is 33.4. The molecule has 15 heteroatoms. The summed E-state index contributed by atoms with van der Waals surface area (Å²) in [7, 11) is 0. The largest absolute Gasteiger partial charge is 0.416 e. The van der Waals surface area contributed by atoms with Crippen molar-refractivity contribution in [2.45, 2.75) is 37.8 Å². The Bertz CT molecular complexity index is 1690. The summed E-state index contributed by atoms with van der Waals surface area (Å²) in [5.41, 5.74) is -2.06. The van der Waals surface area contributed by atoms with Gasteiger partial charge in [-0.05, 0) is 66.1 Å². The van der Waals surface area contributed by atoms with E-state index in [-0.39, 0.29) is 30.1 Å². The normalized spacial score (nSPS) is 20.6. The molecule has 2 fully saturated rings. The Morgan fingerprint density at radius 1 is 1.05 bits per heavy atom. The van der Waals surface area contributed by atoms with Gasteiger partial charge in [-0.25, -0.2) is 0 Å². The average molecular weight is 638 g/mol. The first-order valence-corrected chi connectivity index (χ1v) is 14.5. The molecule has 2 aromatic carbocycles. The maximum Gasteiger partial charge on any atom is 0.416 e. The maximum absolute atomic E-state index is 13.6. The van der Waals surface area contributed by atoms with Crippen molar-refractivity contribution in [2.75, 3.05) is 26.2 Å². The lowest BCUT2D eigenvalue weighted by Gasteiger charge is -2.41. The first-order chi connectivity index (χ1) is 20.8. The van der Waals surface area contributed by atoms with Gasteiger partial charge in [0, 0.05) is 30.9 Å². The Labute approximate surface area is 251 Å². The molecule has 0 bridgehead atoms. The molecule has 1 aliphatic carbocycles. The Balaban J connectivity index is 1.17. The van der Waals surface area contributed by atoms with Gasteiger partial charge in [0.15, 0.2) is 5.17 Å². The van der Waals surface area contributed by atoms with Crippen LogP contribution in [0.5, 0.6) is 0 Å². The topological polar surface area (TPSA) is 91.0 Å². The molecule has 2 amide bonds. The van der Waals surface area contributed by atoms with Crippen LogP contribution in [-0.4, -0.2) is 74.0 Å². The quantitative estimate of drug-likeness (QED) is 0.313. The van der Waals surface area contributed by atoms with Crippen molar-refractivity contribution in [3.8, 4) is 0 Å². The van der Waals surface area contributed by atoms with Crippen molar-refractivity contribution < 1.29 is 41.0 Å². The van der Waals surface area contributed by atoms with Crippen LogP contribution in [0.2, 0.25) is 0 Å². The number of aliphatic imine (C=N–C) groups is 1. The number of amidine groups is 1. The number of hydrogen-bond acceptors (Lipinski definition) is 6. The smallest absolute Gasteiger partial charge is 0.394 e. The van der Waals surface area contributed by atoms with E-state index in [9.17, 15) is 41.0 Å². The number of fused-ring (bicyclic) bond motifs is 1. The number of alkyl halides is 6. The SMILES string of the molecule is O=C1N=C(N2CCN(C(=O)C3CC3)[C@@H](CO)C2)SC1=Cc1ccc2c(cnn2Cc2ccc(C(F)(F)F)cc2C(F)(F)F)c1. The number of aliphatic hydroxyl groups excluding tert-OH is 1. The molecule has 1 N–H and O–H groups in total. The highest BCUT2D eigenvalue weighted by Crippen LogP contribution is 2.38. The van der Waals surface area contributed by atoms with Gasteiger partial charge in [0.25, 0.3) is 5.91 Å². The molecule has 1 saturated carbocycles. The molecule has 3 aromatic rings. The summed E-state index contributed by atoms with van der Waals surface area (Å²) in [6.07, 6.45) is -5.11. The number of thioether (sulfide) groups is 1. The van der Waals surface area contributed by atoms with Gasteiger partial charge in [-0.15, -0.1) is 0 Å².